The molecule has 0 spiro atoms. The molecule has 5 heteroatoms. The zero-order valence-corrected chi connectivity index (χ0v) is 11.2. The van der Waals surface area contributed by atoms with Gasteiger partial charge >= 0.3 is 0 Å². The third kappa shape index (κ3) is 3.04. The summed E-state index contributed by atoms with van der Waals surface area (Å²) in [6.45, 7) is 6.59. The molecule has 1 unspecified atom stereocenters. The Hall–Kier alpha value is -0.940. The van der Waals surface area contributed by atoms with Crippen LogP contribution in [0.4, 0.5) is 0 Å². The van der Waals surface area contributed by atoms with Crippen LogP contribution in [0.2, 0.25) is 0 Å². The molecule has 1 fully saturated rings. The third-order valence-electron chi connectivity index (χ3n) is 2.93. The van der Waals surface area contributed by atoms with Crippen LogP contribution in [0.15, 0.2) is 6.20 Å². The summed E-state index contributed by atoms with van der Waals surface area (Å²) in [6, 6.07) is 0.0241. The Labute approximate surface area is 106 Å². The van der Waals surface area contributed by atoms with Crippen molar-refractivity contribution in [2.75, 3.05) is 13.1 Å². The van der Waals surface area contributed by atoms with Gasteiger partial charge in [0.25, 0.3) is 0 Å². The van der Waals surface area contributed by atoms with Crippen molar-refractivity contribution in [2.45, 2.75) is 39.3 Å². The predicted molar refractivity (Wildman–Crippen MR) is 69.0 cm³/mol. The van der Waals surface area contributed by atoms with Gasteiger partial charge in [-0.25, -0.2) is 4.98 Å². The lowest BCUT2D eigenvalue weighted by Crippen LogP contribution is -2.38. The number of carbonyl (C=O) groups is 1. The Morgan fingerprint density at radius 1 is 1.65 bits per heavy atom. The van der Waals surface area contributed by atoms with Crippen LogP contribution in [0.1, 0.15) is 29.7 Å². The number of hydrogen-bond acceptors (Lipinski definition) is 4. The van der Waals surface area contributed by atoms with E-state index in [1.165, 1.54) is 4.88 Å². The van der Waals surface area contributed by atoms with Gasteiger partial charge in [-0.05, 0) is 26.3 Å². The molecule has 1 aliphatic rings. The zero-order chi connectivity index (χ0) is 12.3. The van der Waals surface area contributed by atoms with Crippen LogP contribution in [0.3, 0.4) is 0 Å². The highest BCUT2D eigenvalue weighted by Gasteiger charge is 2.31. The van der Waals surface area contributed by atoms with Gasteiger partial charge in [-0.1, -0.05) is 6.92 Å². The molecule has 1 saturated heterocycles. The molecule has 1 aromatic heterocycles. The van der Waals surface area contributed by atoms with Gasteiger partial charge in [-0.3, -0.25) is 4.79 Å². The molecule has 0 aliphatic carbocycles. The topological polar surface area (TPSA) is 45.2 Å². The number of likely N-dealkylation sites (tertiary alicyclic amines) is 1. The van der Waals surface area contributed by atoms with Crippen molar-refractivity contribution in [1.29, 1.82) is 0 Å². The summed E-state index contributed by atoms with van der Waals surface area (Å²) in [5.74, 6) is 0.228. The molecule has 2 rings (SSSR count). The molecule has 17 heavy (non-hydrogen) atoms. The van der Waals surface area contributed by atoms with Gasteiger partial charge in [0.1, 0.15) is 5.01 Å². The lowest BCUT2D eigenvalue weighted by Gasteiger charge is -2.15. The Balaban J connectivity index is 1.89. The molecule has 0 saturated carbocycles. The summed E-state index contributed by atoms with van der Waals surface area (Å²) in [6.07, 6.45) is 3.85. The van der Waals surface area contributed by atoms with E-state index in [0.717, 1.165) is 30.9 Å². The van der Waals surface area contributed by atoms with Gasteiger partial charge in [0.15, 0.2) is 0 Å². The maximum absolute atomic E-state index is 12.1. The molecule has 0 bridgehead atoms. The van der Waals surface area contributed by atoms with Crippen LogP contribution >= 0.6 is 11.3 Å². The van der Waals surface area contributed by atoms with Crippen molar-refractivity contribution in [2.24, 2.45) is 0 Å². The molecule has 1 atom stereocenters. The fourth-order valence-corrected chi connectivity index (χ4v) is 2.84. The molecule has 1 amide bonds. The monoisotopic (exact) mass is 253 g/mol. The average molecular weight is 253 g/mol. The van der Waals surface area contributed by atoms with E-state index in [2.05, 4.69) is 17.2 Å². The summed E-state index contributed by atoms with van der Waals surface area (Å²) in [5.41, 5.74) is 0. The number of carbonyl (C=O) groups excluding carboxylic acids is 1. The normalized spacial score (nSPS) is 20.2. The van der Waals surface area contributed by atoms with Crippen LogP contribution in [-0.4, -0.2) is 34.9 Å². The molecule has 0 aromatic carbocycles. The lowest BCUT2D eigenvalue weighted by atomic mass is 10.2. The molecule has 1 N–H and O–H groups in total. The number of nitrogens with one attached hydrogen (secondary N) is 1. The predicted octanol–water partition coefficient (Wildman–Crippen LogP) is 1.55. The van der Waals surface area contributed by atoms with Gasteiger partial charge in [0.05, 0.1) is 12.6 Å². The van der Waals surface area contributed by atoms with Gasteiger partial charge < -0.3 is 10.2 Å². The summed E-state index contributed by atoms with van der Waals surface area (Å²) in [7, 11) is 0. The van der Waals surface area contributed by atoms with Crippen molar-refractivity contribution in [3.05, 3.63) is 16.1 Å². The van der Waals surface area contributed by atoms with Crippen molar-refractivity contribution >= 4 is 17.2 Å². The minimum atomic E-state index is 0.0241. The van der Waals surface area contributed by atoms with Crippen LogP contribution in [-0.2, 0) is 11.3 Å². The SMILES string of the molecule is CCCNC1CCN(Cc2ncc(C)s2)C1=O. The maximum Gasteiger partial charge on any atom is 0.240 e. The van der Waals surface area contributed by atoms with E-state index in [1.54, 1.807) is 11.3 Å². The van der Waals surface area contributed by atoms with Gasteiger partial charge in [0.2, 0.25) is 5.91 Å². The molecule has 2 heterocycles. The number of rotatable bonds is 5. The van der Waals surface area contributed by atoms with E-state index in [-0.39, 0.29) is 11.9 Å². The number of hydrogen-bond donors (Lipinski definition) is 1. The Morgan fingerprint density at radius 2 is 2.47 bits per heavy atom. The quantitative estimate of drug-likeness (QED) is 0.866. The molecule has 4 nitrogen and oxygen atoms in total. The van der Waals surface area contributed by atoms with Gasteiger partial charge in [-0.2, -0.15) is 0 Å². The second-order valence-corrected chi connectivity index (χ2v) is 5.74. The number of aryl methyl sites for hydroxylation is 1. The van der Waals surface area contributed by atoms with E-state index >= 15 is 0 Å². The average Bonchev–Trinajstić information content (AvgIpc) is 2.86. The Kier molecular flexibility index (Phi) is 4.12. The van der Waals surface area contributed by atoms with E-state index in [1.807, 2.05) is 18.0 Å². The van der Waals surface area contributed by atoms with E-state index in [9.17, 15) is 4.79 Å². The van der Waals surface area contributed by atoms with Crippen LogP contribution in [0.25, 0.3) is 0 Å². The van der Waals surface area contributed by atoms with Gasteiger partial charge in [0, 0.05) is 17.6 Å². The van der Waals surface area contributed by atoms with Crippen LogP contribution in [0.5, 0.6) is 0 Å². The van der Waals surface area contributed by atoms with Crippen molar-refractivity contribution in [3.8, 4) is 0 Å². The molecule has 94 valence electrons. The molecule has 1 aromatic rings. The summed E-state index contributed by atoms with van der Waals surface area (Å²) < 4.78 is 0. The van der Waals surface area contributed by atoms with Crippen molar-refractivity contribution in [3.63, 3.8) is 0 Å². The second-order valence-electron chi connectivity index (χ2n) is 4.42. The van der Waals surface area contributed by atoms with E-state index in [4.69, 9.17) is 0 Å². The van der Waals surface area contributed by atoms with E-state index in [0.29, 0.717) is 6.54 Å². The summed E-state index contributed by atoms with van der Waals surface area (Å²) in [5, 5.41) is 4.33. The van der Waals surface area contributed by atoms with E-state index < -0.39 is 0 Å². The highest BCUT2D eigenvalue weighted by Crippen LogP contribution is 2.18. The second kappa shape index (κ2) is 5.60. The van der Waals surface area contributed by atoms with Gasteiger partial charge in [-0.15, -0.1) is 11.3 Å². The zero-order valence-electron chi connectivity index (χ0n) is 10.4. The largest absolute Gasteiger partial charge is 0.335 e. The van der Waals surface area contributed by atoms with Crippen molar-refractivity contribution in [1.82, 2.24) is 15.2 Å². The lowest BCUT2D eigenvalue weighted by molar-refractivity contribution is -0.129. The smallest absolute Gasteiger partial charge is 0.240 e. The Morgan fingerprint density at radius 3 is 3.12 bits per heavy atom. The molecular formula is C12H19N3OS. The summed E-state index contributed by atoms with van der Waals surface area (Å²) in [4.78, 5) is 19.5. The molecule has 1 aliphatic heterocycles. The minimum Gasteiger partial charge on any atom is -0.335 e. The number of aromatic nitrogens is 1. The first-order valence-electron chi connectivity index (χ1n) is 6.14. The molecule has 0 radical (unpaired) electrons. The number of nitrogens with zero attached hydrogens (tertiary/aromatic N) is 2. The standard InChI is InChI=1S/C12H19N3OS/c1-3-5-13-10-4-6-15(12(10)16)8-11-14-7-9(2)17-11/h7,10,13H,3-6,8H2,1-2H3. The highest BCUT2D eigenvalue weighted by molar-refractivity contribution is 7.11. The number of amides is 1. The van der Waals surface area contributed by atoms with Crippen molar-refractivity contribution < 1.29 is 4.79 Å². The first-order valence-corrected chi connectivity index (χ1v) is 6.96. The first kappa shape index (κ1) is 12.5. The fraction of sp³-hybridized carbons (Fsp3) is 0.667. The molecular weight excluding hydrogens is 234 g/mol. The minimum absolute atomic E-state index is 0.0241. The Bertz CT molecular complexity index is 391. The highest BCUT2D eigenvalue weighted by atomic mass is 32.1. The third-order valence-corrected chi connectivity index (χ3v) is 3.83. The summed E-state index contributed by atoms with van der Waals surface area (Å²) >= 11 is 1.67. The van der Waals surface area contributed by atoms with Crippen LogP contribution in [0, 0.1) is 6.92 Å². The fourth-order valence-electron chi connectivity index (χ4n) is 2.04. The van der Waals surface area contributed by atoms with Crippen LogP contribution < -0.4 is 5.32 Å². The maximum atomic E-state index is 12.1. The first-order chi connectivity index (χ1) is 8.20. The number of thiazole rings is 1.